The zero-order chi connectivity index (χ0) is 14.2. The highest BCUT2D eigenvalue weighted by atomic mass is 16.5. The molecule has 1 saturated heterocycles. The number of likely N-dealkylation sites (N-methyl/N-ethyl adjacent to an activating group) is 1. The van der Waals surface area contributed by atoms with Crippen LogP contribution in [0.25, 0.3) is 0 Å². The van der Waals surface area contributed by atoms with E-state index in [4.69, 9.17) is 4.74 Å². The van der Waals surface area contributed by atoms with Crippen LogP contribution in [-0.2, 0) is 9.53 Å². The Labute approximate surface area is 119 Å². The van der Waals surface area contributed by atoms with Gasteiger partial charge >= 0.3 is 0 Å². The zero-order valence-electron chi connectivity index (χ0n) is 12.1. The molecule has 2 aliphatic heterocycles. The van der Waals surface area contributed by atoms with E-state index in [2.05, 4.69) is 17.3 Å². The van der Waals surface area contributed by atoms with E-state index in [9.17, 15) is 4.79 Å². The summed E-state index contributed by atoms with van der Waals surface area (Å²) in [6.45, 7) is 5.39. The average molecular weight is 275 g/mol. The van der Waals surface area contributed by atoms with E-state index < -0.39 is 0 Å². The molecule has 0 unspecified atom stereocenters. The van der Waals surface area contributed by atoms with Gasteiger partial charge in [-0.25, -0.2) is 0 Å². The normalized spacial score (nSPS) is 20.3. The highest BCUT2D eigenvalue weighted by Crippen LogP contribution is 2.31. The van der Waals surface area contributed by atoms with Gasteiger partial charge in [0.15, 0.2) is 0 Å². The molecule has 20 heavy (non-hydrogen) atoms. The van der Waals surface area contributed by atoms with Gasteiger partial charge in [-0.1, -0.05) is 12.1 Å². The number of nitrogens with zero attached hydrogens (tertiary/aromatic N) is 2. The van der Waals surface area contributed by atoms with Gasteiger partial charge in [-0.2, -0.15) is 0 Å². The van der Waals surface area contributed by atoms with Gasteiger partial charge < -0.3 is 19.9 Å². The van der Waals surface area contributed by atoms with Gasteiger partial charge in [0, 0.05) is 33.2 Å². The molecule has 2 aliphatic rings. The molecule has 0 bridgehead atoms. The van der Waals surface area contributed by atoms with Crippen LogP contribution in [-0.4, -0.2) is 51.3 Å². The number of fused-ring (bicyclic) bond motifs is 1. The Morgan fingerprint density at radius 2 is 2.00 bits per heavy atom. The highest BCUT2D eigenvalue weighted by Gasteiger charge is 2.34. The Morgan fingerprint density at radius 1 is 1.30 bits per heavy atom. The van der Waals surface area contributed by atoms with Crippen LogP contribution in [0, 0.1) is 0 Å². The van der Waals surface area contributed by atoms with Crippen LogP contribution in [0.2, 0.25) is 0 Å². The molecule has 1 amide bonds. The number of benzene rings is 1. The lowest BCUT2D eigenvalue weighted by Gasteiger charge is -2.40. The molecule has 0 aliphatic carbocycles. The highest BCUT2D eigenvalue weighted by molar-refractivity contribution is 5.98. The van der Waals surface area contributed by atoms with Gasteiger partial charge in [0.1, 0.15) is 6.61 Å². The van der Waals surface area contributed by atoms with Gasteiger partial charge in [-0.05, 0) is 19.1 Å². The number of anilines is 2. The summed E-state index contributed by atoms with van der Waals surface area (Å²) in [5, 5.41) is 3.17. The number of hydrogen-bond acceptors (Lipinski definition) is 4. The first-order valence-electron chi connectivity index (χ1n) is 7.04. The second-order valence-electron chi connectivity index (χ2n) is 5.80. The number of para-hydroxylation sites is 2. The van der Waals surface area contributed by atoms with Crippen LogP contribution in [0.15, 0.2) is 24.3 Å². The standard InChI is InChI=1S/C15H21N3O2/c1-15(10-16-11-15)20-9-14(19)18-8-7-17(2)12-5-3-4-6-13(12)18/h3-6,16H,7-11H2,1-2H3. The molecule has 1 aromatic rings. The summed E-state index contributed by atoms with van der Waals surface area (Å²) >= 11 is 0. The summed E-state index contributed by atoms with van der Waals surface area (Å²) in [4.78, 5) is 16.4. The Kier molecular flexibility index (Phi) is 3.40. The van der Waals surface area contributed by atoms with Crippen molar-refractivity contribution in [1.82, 2.24) is 5.32 Å². The number of carbonyl (C=O) groups is 1. The van der Waals surface area contributed by atoms with Crippen LogP contribution in [0.5, 0.6) is 0 Å². The number of rotatable bonds is 3. The molecule has 5 nitrogen and oxygen atoms in total. The Balaban J connectivity index is 1.71. The first-order valence-corrected chi connectivity index (χ1v) is 7.04. The Hall–Kier alpha value is -1.59. The molecule has 2 heterocycles. The smallest absolute Gasteiger partial charge is 0.253 e. The lowest BCUT2D eigenvalue weighted by Crippen LogP contribution is -2.60. The van der Waals surface area contributed by atoms with Gasteiger partial charge in [0.2, 0.25) is 0 Å². The third-order valence-corrected chi connectivity index (χ3v) is 4.09. The minimum absolute atomic E-state index is 0.0404. The van der Waals surface area contributed by atoms with Crippen LogP contribution < -0.4 is 15.1 Å². The fraction of sp³-hybridized carbons (Fsp3) is 0.533. The molecule has 5 heteroatoms. The fourth-order valence-corrected chi connectivity index (χ4v) is 2.66. The summed E-state index contributed by atoms with van der Waals surface area (Å²) in [6, 6.07) is 8.01. The van der Waals surface area contributed by atoms with E-state index in [0.29, 0.717) is 6.54 Å². The second kappa shape index (κ2) is 5.07. The molecular weight excluding hydrogens is 254 g/mol. The van der Waals surface area contributed by atoms with E-state index in [1.54, 1.807) is 0 Å². The Bertz CT molecular complexity index is 514. The van der Waals surface area contributed by atoms with Crippen molar-refractivity contribution in [3.8, 4) is 0 Å². The SMILES string of the molecule is CN1CCN(C(=O)COC2(C)CNC2)c2ccccc21. The van der Waals surface area contributed by atoms with E-state index in [-0.39, 0.29) is 18.1 Å². The lowest BCUT2D eigenvalue weighted by atomic mass is 10.0. The minimum Gasteiger partial charge on any atom is -0.371 e. The third kappa shape index (κ3) is 2.39. The molecule has 0 spiro atoms. The second-order valence-corrected chi connectivity index (χ2v) is 5.80. The van der Waals surface area contributed by atoms with Gasteiger partial charge in [0.25, 0.3) is 5.91 Å². The van der Waals surface area contributed by atoms with Crippen LogP contribution >= 0.6 is 0 Å². The van der Waals surface area contributed by atoms with Crippen LogP contribution in [0.4, 0.5) is 11.4 Å². The number of nitrogens with one attached hydrogen (secondary N) is 1. The topological polar surface area (TPSA) is 44.8 Å². The summed E-state index contributed by atoms with van der Waals surface area (Å²) < 4.78 is 5.76. The van der Waals surface area contributed by atoms with Crippen molar-refractivity contribution in [2.24, 2.45) is 0 Å². The predicted octanol–water partition coefficient (Wildman–Crippen LogP) is 0.848. The lowest BCUT2D eigenvalue weighted by molar-refractivity contribution is -0.133. The van der Waals surface area contributed by atoms with Gasteiger partial charge in [-0.15, -0.1) is 0 Å². The van der Waals surface area contributed by atoms with E-state index in [1.807, 2.05) is 36.1 Å². The average Bonchev–Trinajstić information content (AvgIpc) is 2.43. The number of carbonyl (C=O) groups excluding carboxylic acids is 1. The molecular formula is C15H21N3O2. The minimum atomic E-state index is -0.179. The Morgan fingerprint density at radius 3 is 2.65 bits per heavy atom. The summed E-state index contributed by atoms with van der Waals surface area (Å²) in [5.41, 5.74) is 1.90. The van der Waals surface area contributed by atoms with E-state index in [1.165, 1.54) is 0 Å². The molecule has 0 radical (unpaired) electrons. The number of ether oxygens (including phenoxy) is 1. The van der Waals surface area contributed by atoms with E-state index >= 15 is 0 Å². The van der Waals surface area contributed by atoms with Crippen molar-refractivity contribution in [2.75, 3.05) is 49.6 Å². The van der Waals surface area contributed by atoms with Crippen LogP contribution in [0.1, 0.15) is 6.92 Å². The monoisotopic (exact) mass is 275 g/mol. The van der Waals surface area contributed by atoms with Crippen LogP contribution in [0.3, 0.4) is 0 Å². The first-order chi connectivity index (χ1) is 9.59. The molecule has 1 aromatic carbocycles. The third-order valence-electron chi connectivity index (χ3n) is 4.09. The molecule has 0 aromatic heterocycles. The fourth-order valence-electron chi connectivity index (χ4n) is 2.66. The number of hydrogen-bond donors (Lipinski definition) is 1. The molecule has 0 atom stereocenters. The van der Waals surface area contributed by atoms with E-state index in [0.717, 1.165) is 31.0 Å². The van der Waals surface area contributed by atoms with Crippen molar-refractivity contribution >= 4 is 17.3 Å². The maximum atomic E-state index is 12.4. The van der Waals surface area contributed by atoms with Crippen molar-refractivity contribution < 1.29 is 9.53 Å². The van der Waals surface area contributed by atoms with Gasteiger partial charge in [0.05, 0.1) is 17.0 Å². The van der Waals surface area contributed by atoms with Crippen molar-refractivity contribution in [2.45, 2.75) is 12.5 Å². The molecule has 0 saturated carbocycles. The molecule has 3 rings (SSSR count). The quantitative estimate of drug-likeness (QED) is 0.888. The van der Waals surface area contributed by atoms with Crippen molar-refractivity contribution in [3.05, 3.63) is 24.3 Å². The summed E-state index contributed by atoms with van der Waals surface area (Å²) in [7, 11) is 2.05. The predicted molar refractivity (Wildman–Crippen MR) is 79.3 cm³/mol. The molecule has 108 valence electrons. The maximum Gasteiger partial charge on any atom is 0.253 e. The largest absolute Gasteiger partial charge is 0.371 e. The zero-order valence-corrected chi connectivity index (χ0v) is 12.1. The first kappa shape index (κ1) is 13.4. The molecule has 1 N–H and O–H groups in total. The van der Waals surface area contributed by atoms with Crippen molar-refractivity contribution in [1.29, 1.82) is 0 Å². The van der Waals surface area contributed by atoms with Gasteiger partial charge in [-0.3, -0.25) is 4.79 Å². The summed E-state index contributed by atoms with van der Waals surface area (Å²) in [5.74, 6) is 0.0404. The van der Waals surface area contributed by atoms with Crippen molar-refractivity contribution in [3.63, 3.8) is 0 Å². The number of amides is 1. The molecule has 1 fully saturated rings. The maximum absolute atomic E-state index is 12.4. The summed E-state index contributed by atoms with van der Waals surface area (Å²) in [6.07, 6.45) is 0.